The Hall–Kier alpha value is -1.20. The second-order valence-electron chi connectivity index (χ2n) is 6.70. The third-order valence-electron chi connectivity index (χ3n) is 4.83. The molecule has 2 aliphatic rings. The largest absolute Gasteiger partial charge is 0.377 e. The van der Waals surface area contributed by atoms with Gasteiger partial charge in [-0.2, -0.15) is 4.31 Å². The molecule has 0 aliphatic carbocycles. The van der Waals surface area contributed by atoms with Gasteiger partial charge in [0.05, 0.1) is 12.6 Å². The van der Waals surface area contributed by atoms with Crippen LogP contribution < -0.4 is 5.32 Å². The lowest BCUT2D eigenvalue weighted by Crippen LogP contribution is -2.52. The molecule has 2 fully saturated rings. The summed E-state index contributed by atoms with van der Waals surface area (Å²) in [5.41, 5.74) is 0.360. The molecule has 1 amide bonds. The first-order chi connectivity index (χ1) is 12.4. The van der Waals surface area contributed by atoms with E-state index in [9.17, 15) is 13.2 Å². The van der Waals surface area contributed by atoms with E-state index in [0.29, 0.717) is 31.1 Å². The number of aromatic nitrogens is 1. The van der Waals surface area contributed by atoms with Crippen LogP contribution in [0.1, 0.15) is 24.3 Å². The lowest BCUT2D eigenvalue weighted by Gasteiger charge is -2.34. The van der Waals surface area contributed by atoms with Gasteiger partial charge in [-0.3, -0.25) is 4.79 Å². The number of nitrogens with one attached hydrogen (secondary N) is 1. The second-order valence-corrected chi connectivity index (χ2v) is 8.58. The highest BCUT2D eigenvalue weighted by Crippen LogP contribution is 2.24. The summed E-state index contributed by atoms with van der Waals surface area (Å²) in [6.07, 6.45) is 2.29. The number of aryl methyl sites for hydroxylation is 2. The molecule has 0 bridgehead atoms. The highest BCUT2D eigenvalue weighted by atomic mass is 35.5. The highest BCUT2D eigenvalue weighted by Gasteiger charge is 2.34. The number of ether oxygens (including phenoxy) is 1. The van der Waals surface area contributed by atoms with Gasteiger partial charge in [-0.1, -0.05) is 5.16 Å². The number of halogens is 1. The summed E-state index contributed by atoms with van der Waals surface area (Å²) in [5.74, 6) is 0.275. The molecular formula is C16H27ClN4O5S. The molecule has 1 aromatic rings. The average molecular weight is 423 g/mol. The van der Waals surface area contributed by atoms with Crippen LogP contribution in [0.15, 0.2) is 9.42 Å². The Morgan fingerprint density at radius 2 is 1.96 bits per heavy atom. The molecule has 1 unspecified atom stereocenters. The van der Waals surface area contributed by atoms with Crippen LogP contribution in [0.5, 0.6) is 0 Å². The number of piperazine rings is 1. The van der Waals surface area contributed by atoms with Gasteiger partial charge in [0.2, 0.25) is 15.9 Å². The molecule has 9 nitrogen and oxygen atoms in total. The zero-order valence-corrected chi connectivity index (χ0v) is 17.3. The van der Waals surface area contributed by atoms with Crippen molar-refractivity contribution in [1.82, 2.24) is 19.7 Å². The van der Waals surface area contributed by atoms with Crippen LogP contribution in [-0.4, -0.2) is 80.7 Å². The van der Waals surface area contributed by atoms with Crippen molar-refractivity contribution < 1.29 is 22.5 Å². The van der Waals surface area contributed by atoms with Crippen LogP contribution in [-0.2, 0) is 19.6 Å². The average Bonchev–Trinajstić information content (AvgIpc) is 3.25. The summed E-state index contributed by atoms with van der Waals surface area (Å²) in [6, 6.07) is 0. The van der Waals surface area contributed by atoms with Gasteiger partial charge in [-0.25, -0.2) is 8.42 Å². The van der Waals surface area contributed by atoms with Gasteiger partial charge in [0.15, 0.2) is 5.76 Å². The van der Waals surface area contributed by atoms with Gasteiger partial charge in [0.1, 0.15) is 10.6 Å². The van der Waals surface area contributed by atoms with E-state index in [4.69, 9.17) is 9.26 Å². The number of amides is 1. The predicted octanol–water partition coefficient (Wildman–Crippen LogP) is 0.315. The lowest BCUT2D eigenvalue weighted by molar-refractivity contribution is -0.131. The van der Waals surface area contributed by atoms with Crippen LogP contribution in [0, 0.1) is 13.8 Å². The van der Waals surface area contributed by atoms with E-state index in [0.717, 1.165) is 19.4 Å². The molecule has 0 aromatic carbocycles. The van der Waals surface area contributed by atoms with Gasteiger partial charge in [-0.05, 0) is 26.7 Å². The second kappa shape index (κ2) is 9.33. The summed E-state index contributed by atoms with van der Waals surface area (Å²) >= 11 is 0. The monoisotopic (exact) mass is 422 g/mol. The SMILES string of the molecule is Cc1noc(C)c1S(=O)(=O)N1CCN(C(=O)CNCC2CCCO2)CC1.Cl. The predicted molar refractivity (Wildman–Crippen MR) is 100 cm³/mol. The molecule has 3 heterocycles. The molecule has 11 heteroatoms. The summed E-state index contributed by atoms with van der Waals surface area (Å²) in [7, 11) is -3.65. The molecule has 1 N–H and O–H groups in total. The lowest BCUT2D eigenvalue weighted by atomic mass is 10.2. The number of hydrogen-bond donors (Lipinski definition) is 1. The summed E-state index contributed by atoms with van der Waals surface area (Å²) in [4.78, 5) is 14.1. The molecule has 1 atom stereocenters. The molecule has 0 radical (unpaired) electrons. The number of carbonyl (C=O) groups excluding carboxylic acids is 1. The number of nitrogens with zero attached hydrogens (tertiary/aromatic N) is 3. The standard InChI is InChI=1S/C16H26N4O5S.ClH/c1-12-16(13(2)25-18-12)26(22,23)20-7-5-19(6-8-20)15(21)11-17-10-14-4-3-9-24-14;/h14,17H,3-11H2,1-2H3;1H. The van der Waals surface area contributed by atoms with Crippen LogP contribution >= 0.6 is 12.4 Å². The van der Waals surface area contributed by atoms with E-state index in [1.165, 1.54) is 4.31 Å². The van der Waals surface area contributed by atoms with E-state index < -0.39 is 10.0 Å². The van der Waals surface area contributed by atoms with E-state index >= 15 is 0 Å². The fraction of sp³-hybridized carbons (Fsp3) is 0.750. The number of rotatable bonds is 6. The van der Waals surface area contributed by atoms with Gasteiger partial charge < -0.3 is 19.5 Å². The smallest absolute Gasteiger partial charge is 0.248 e. The zero-order chi connectivity index (χ0) is 18.7. The molecule has 3 rings (SSSR count). The van der Waals surface area contributed by atoms with Crippen molar-refractivity contribution >= 4 is 28.3 Å². The maximum atomic E-state index is 12.8. The zero-order valence-electron chi connectivity index (χ0n) is 15.6. The van der Waals surface area contributed by atoms with Crippen molar-refractivity contribution in [3.05, 3.63) is 11.5 Å². The normalized spacial score (nSPS) is 21.3. The number of sulfonamides is 1. The number of hydrogen-bond acceptors (Lipinski definition) is 7. The topological polar surface area (TPSA) is 105 Å². The van der Waals surface area contributed by atoms with E-state index in [1.54, 1.807) is 18.7 Å². The first kappa shape index (κ1) is 22.1. The molecule has 0 spiro atoms. The Balaban J connectivity index is 0.00000261. The maximum Gasteiger partial charge on any atom is 0.248 e. The Morgan fingerprint density at radius 3 is 2.52 bits per heavy atom. The van der Waals surface area contributed by atoms with Crippen molar-refractivity contribution in [1.29, 1.82) is 0 Å². The first-order valence-electron chi connectivity index (χ1n) is 8.92. The third kappa shape index (κ3) is 5.00. The van der Waals surface area contributed by atoms with Crippen molar-refractivity contribution in [3.8, 4) is 0 Å². The molecule has 2 aliphatic heterocycles. The molecule has 0 saturated carbocycles. The van der Waals surface area contributed by atoms with Gasteiger partial charge >= 0.3 is 0 Å². The summed E-state index contributed by atoms with van der Waals surface area (Å²) in [5, 5.41) is 6.86. The third-order valence-corrected chi connectivity index (χ3v) is 6.97. The van der Waals surface area contributed by atoms with Gasteiger partial charge in [0, 0.05) is 39.3 Å². The molecular weight excluding hydrogens is 396 g/mol. The quantitative estimate of drug-likeness (QED) is 0.703. The van der Waals surface area contributed by atoms with Crippen molar-refractivity contribution in [2.75, 3.05) is 45.9 Å². The maximum absolute atomic E-state index is 12.8. The van der Waals surface area contributed by atoms with Crippen molar-refractivity contribution in [3.63, 3.8) is 0 Å². The minimum atomic E-state index is -3.65. The minimum absolute atomic E-state index is 0. The highest BCUT2D eigenvalue weighted by molar-refractivity contribution is 7.89. The van der Waals surface area contributed by atoms with Crippen LogP contribution in [0.2, 0.25) is 0 Å². The molecule has 1 aromatic heterocycles. The van der Waals surface area contributed by atoms with Gasteiger partial charge in [0.25, 0.3) is 0 Å². The van der Waals surface area contributed by atoms with E-state index in [-0.39, 0.29) is 48.9 Å². The Kier molecular flexibility index (Phi) is 7.64. The Morgan fingerprint density at radius 1 is 1.26 bits per heavy atom. The fourth-order valence-corrected chi connectivity index (χ4v) is 5.12. The Bertz CT molecular complexity index is 720. The molecule has 2 saturated heterocycles. The Labute approximate surface area is 165 Å². The van der Waals surface area contributed by atoms with Crippen LogP contribution in [0.3, 0.4) is 0 Å². The van der Waals surface area contributed by atoms with Crippen LogP contribution in [0.25, 0.3) is 0 Å². The van der Waals surface area contributed by atoms with Gasteiger partial charge in [-0.15, -0.1) is 12.4 Å². The van der Waals surface area contributed by atoms with Crippen LogP contribution in [0.4, 0.5) is 0 Å². The molecule has 154 valence electrons. The summed E-state index contributed by atoms with van der Waals surface area (Å²) in [6.45, 7) is 6.21. The number of carbonyl (C=O) groups is 1. The first-order valence-corrected chi connectivity index (χ1v) is 10.4. The molecule has 27 heavy (non-hydrogen) atoms. The van der Waals surface area contributed by atoms with E-state index in [2.05, 4.69) is 10.5 Å². The van der Waals surface area contributed by atoms with Crippen molar-refractivity contribution in [2.45, 2.75) is 37.7 Å². The summed E-state index contributed by atoms with van der Waals surface area (Å²) < 4.78 is 37.4. The van der Waals surface area contributed by atoms with E-state index in [1.807, 2.05) is 0 Å². The fourth-order valence-electron chi connectivity index (χ4n) is 3.41. The van der Waals surface area contributed by atoms with Crippen molar-refractivity contribution in [2.24, 2.45) is 0 Å². The minimum Gasteiger partial charge on any atom is -0.377 e.